The van der Waals surface area contributed by atoms with E-state index in [1.165, 1.54) is 24.3 Å². The lowest BCUT2D eigenvalue weighted by Crippen LogP contribution is -2.58. The predicted molar refractivity (Wildman–Crippen MR) is 133 cm³/mol. The summed E-state index contributed by atoms with van der Waals surface area (Å²) in [5.41, 5.74) is -0.303. The van der Waals surface area contributed by atoms with Crippen LogP contribution in [0.1, 0.15) is 18.4 Å². The Labute approximate surface area is 211 Å². The van der Waals surface area contributed by atoms with Crippen LogP contribution in [0.5, 0.6) is 5.75 Å². The molecule has 2 aliphatic rings. The number of fused-ring (bicyclic) bond motifs is 3. The Morgan fingerprint density at radius 1 is 1.14 bits per heavy atom. The first kappa shape index (κ1) is 26.5. The van der Waals surface area contributed by atoms with Crippen molar-refractivity contribution < 1.29 is 31.8 Å². The van der Waals surface area contributed by atoms with E-state index in [-0.39, 0.29) is 42.3 Å². The van der Waals surface area contributed by atoms with Crippen LogP contribution in [-0.2, 0) is 19.3 Å². The number of rotatable bonds is 7. The number of sulfone groups is 1. The molecule has 2 aromatic carbocycles. The number of hydrogen-bond acceptors (Lipinski definition) is 5. The smallest absolute Gasteiger partial charge is 0.188 e. The van der Waals surface area contributed by atoms with E-state index < -0.39 is 52.2 Å². The third kappa shape index (κ3) is 4.78. The Hall–Kier alpha value is -1.52. The molecular weight excluding hydrogens is 514 g/mol. The Morgan fingerprint density at radius 3 is 2.46 bits per heavy atom. The Bertz CT molecular complexity index is 1190. The molecule has 5 nitrogen and oxygen atoms in total. The Morgan fingerprint density at radius 2 is 1.80 bits per heavy atom. The average Bonchev–Trinajstić information content (AvgIpc) is 2.79. The molecule has 4 rings (SSSR count). The number of aliphatic hydroxyl groups excluding tert-OH is 1. The normalized spacial score (nSPS) is 26.5. The standard InChI is InChI=1S/C25H31ClF2O5SSi/c1-35(2,3)13-12-32-14-18-19-15-33-24-21(28)9-8-20(27)23(24)25(19,11-10-22(18)29)34(30,31)17-6-4-16(26)5-7-17/h4-9,18-19,22,29H,10-15H2,1-3H3/t18-,19-,22-,25?/m0/s1. The number of halogens is 3. The van der Waals surface area contributed by atoms with E-state index in [4.69, 9.17) is 21.1 Å². The highest BCUT2D eigenvalue weighted by atomic mass is 35.5. The van der Waals surface area contributed by atoms with Crippen molar-refractivity contribution in [1.29, 1.82) is 0 Å². The molecule has 1 fully saturated rings. The summed E-state index contributed by atoms with van der Waals surface area (Å²) >= 11 is 5.98. The summed E-state index contributed by atoms with van der Waals surface area (Å²) in [6, 6.07) is 8.44. The van der Waals surface area contributed by atoms with Crippen LogP contribution in [0.15, 0.2) is 41.3 Å². The van der Waals surface area contributed by atoms with Crippen molar-refractivity contribution in [2.75, 3.05) is 19.8 Å². The highest BCUT2D eigenvalue weighted by Gasteiger charge is 2.62. The summed E-state index contributed by atoms with van der Waals surface area (Å²) < 4.78 is 68.5. The molecule has 192 valence electrons. The molecule has 0 radical (unpaired) electrons. The fourth-order valence-corrected chi connectivity index (χ4v) is 8.59. The van der Waals surface area contributed by atoms with E-state index in [0.29, 0.717) is 11.6 Å². The topological polar surface area (TPSA) is 72.8 Å². The van der Waals surface area contributed by atoms with Gasteiger partial charge in [0.2, 0.25) is 0 Å². The van der Waals surface area contributed by atoms with Crippen LogP contribution in [0.3, 0.4) is 0 Å². The van der Waals surface area contributed by atoms with Gasteiger partial charge in [-0.3, -0.25) is 0 Å². The van der Waals surface area contributed by atoms with E-state index in [9.17, 15) is 17.9 Å². The van der Waals surface area contributed by atoms with Crippen LogP contribution in [-0.4, -0.2) is 47.5 Å². The van der Waals surface area contributed by atoms with Crippen LogP contribution in [0, 0.1) is 23.5 Å². The summed E-state index contributed by atoms with van der Waals surface area (Å²) in [7, 11) is -5.63. The monoisotopic (exact) mass is 544 g/mol. The van der Waals surface area contributed by atoms with Gasteiger partial charge in [-0.05, 0) is 55.3 Å². The van der Waals surface area contributed by atoms with Crippen LogP contribution >= 0.6 is 11.6 Å². The number of ether oxygens (including phenoxy) is 2. The molecule has 0 spiro atoms. The van der Waals surface area contributed by atoms with Gasteiger partial charge < -0.3 is 14.6 Å². The van der Waals surface area contributed by atoms with Gasteiger partial charge >= 0.3 is 0 Å². The second kappa shape index (κ2) is 9.74. The lowest BCUT2D eigenvalue weighted by molar-refractivity contribution is -0.0583. The minimum atomic E-state index is -4.27. The fourth-order valence-electron chi connectivity index (χ4n) is 5.30. The highest BCUT2D eigenvalue weighted by Crippen LogP contribution is 2.58. The molecule has 1 aliphatic heterocycles. The minimum absolute atomic E-state index is 0.0433. The van der Waals surface area contributed by atoms with Crippen molar-refractivity contribution in [3.63, 3.8) is 0 Å². The zero-order valence-corrected chi connectivity index (χ0v) is 22.6. The quantitative estimate of drug-likeness (QED) is 0.372. The van der Waals surface area contributed by atoms with E-state index in [1.807, 2.05) is 0 Å². The van der Waals surface area contributed by atoms with Gasteiger partial charge in [0.1, 0.15) is 10.6 Å². The van der Waals surface area contributed by atoms with Crippen molar-refractivity contribution in [2.45, 2.75) is 54.3 Å². The van der Waals surface area contributed by atoms with Gasteiger partial charge in [-0.2, -0.15) is 0 Å². The molecule has 0 aromatic heterocycles. The molecule has 1 heterocycles. The molecule has 10 heteroatoms. The first-order valence-electron chi connectivity index (χ1n) is 11.8. The maximum Gasteiger partial charge on any atom is 0.188 e. The Kier molecular flexibility index (Phi) is 7.39. The largest absolute Gasteiger partial charge is 0.490 e. The molecule has 4 atom stereocenters. The maximum absolute atomic E-state index is 15.4. The molecule has 1 N–H and O–H groups in total. The van der Waals surface area contributed by atoms with Crippen LogP contribution < -0.4 is 4.74 Å². The van der Waals surface area contributed by atoms with E-state index in [1.54, 1.807) is 0 Å². The van der Waals surface area contributed by atoms with Crippen molar-refractivity contribution in [1.82, 2.24) is 0 Å². The third-order valence-electron chi connectivity index (χ3n) is 7.22. The van der Waals surface area contributed by atoms with Gasteiger partial charge in [-0.25, -0.2) is 17.2 Å². The number of benzene rings is 2. The average molecular weight is 545 g/mol. The SMILES string of the molecule is C[Si](C)(C)CCOC[C@@H]1[C@@H](O)CCC2(S(=O)(=O)c3ccc(Cl)cc3)c3c(F)ccc(F)c3OC[C@@H]12. The zero-order valence-electron chi connectivity index (χ0n) is 20.1. The highest BCUT2D eigenvalue weighted by molar-refractivity contribution is 7.92. The summed E-state index contributed by atoms with van der Waals surface area (Å²) in [6.45, 7) is 7.07. The zero-order chi connectivity index (χ0) is 25.6. The van der Waals surface area contributed by atoms with E-state index in [2.05, 4.69) is 19.6 Å². The van der Waals surface area contributed by atoms with Gasteiger partial charge in [0.25, 0.3) is 0 Å². The summed E-state index contributed by atoms with van der Waals surface area (Å²) in [4.78, 5) is -0.0433. The third-order valence-corrected chi connectivity index (χ3v) is 11.7. The Balaban J connectivity index is 1.83. The summed E-state index contributed by atoms with van der Waals surface area (Å²) in [5, 5.41) is 11.3. The van der Waals surface area contributed by atoms with Crippen LogP contribution in [0.2, 0.25) is 30.7 Å². The summed E-state index contributed by atoms with van der Waals surface area (Å²) in [6.07, 6.45) is -0.839. The van der Waals surface area contributed by atoms with Crippen molar-refractivity contribution in [3.05, 3.63) is 58.6 Å². The molecule has 0 saturated heterocycles. The first-order valence-corrected chi connectivity index (χ1v) is 17.3. The van der Waals surface area contributed by atoms with Gasteiger partial charge in [-0.1, -0.05) is 31.2 Å². The lowest BCUT2D eigenvalue weighted by Gasteiger charge is -2.51. The fraction of sp³-hybridized carbons (Fsp3) is 0.520. The molecular formula is C25H31ClF2O5SSi. The van der Waals surface area contributed by atoms with Gasteiger partial charge in [0, 0.05) is 31.5 Å². The van der Waals surface area contributed by atoms with Crippen molar-refractivity contribution >= 4 is 29.5 Å². The van der Waals surface area contributed by atoms with Crippen molar-refractivity contribution in [2.24, 2.45) is 11.8 Å². The molecule has 1 unspecified atom stereocenters. The van der Waals surface area contributed by atoms with Gasteiger partial charge in [0.05, 0.1) is 29.8 Å². The minimum Gasteiger partial charge on any atom is -0.490 e. The molecule has 1 aliphatic carbocycles. The molecule has 0 bridgehead atoms. The molecule has 2 aromatic rings. The second-order valence-electron chi connectivity index (χ2n) is 10.7. The van der Waals surface area contributed by atoms with Crippen LogP contribution in [0.4, 0.5) is 8.78 Å². The van der Waals surface area contributed by atoms with Crippen molar-refractivity contribution in [3.8, 4) is 5.75 Å². The van der Waals surface area contributed by atoms with Crippen LogP contribution in [0.25, 0.3) is 0 Å². The number of hydrogen-bond donors (Lipinski definition) is 1. The predicted octanol–water partition coefficient (Wildman–Crippen LogP) is 5.42. The summed E-state index contributed by atoms with van der Waals surface area (Å²) in [5.74, 6) is -3.53. The molecule has 35 heavy (non-hydrogen) atoms. The number of aliphatic hydroxyl groups is 1. The lowest BCUT2D eigenvalue weighted by atomic mass is 9.66. The molecule has 1 saturated carbocycles. The van der Waals surface area contributed by atoms with E-state index >= 15 is 4.39 Å². The molecule has 0 amide bonds. The second-order valence-corrected chi connectivity index (χ2v) is 18.9. The van der Waals surface area contributed by atoms with Gasteiger partial charge in [-0.15, -0.1) is 0 Å². The van der Waals surface area contributed by atoms with E-state index in [0.717, 1.165) is 18.2 Å². The maximum atomic E-state index is 15.4. The first-order chi connectivity index (χ1) is 16.4. The van der Waals surface area contributed by atoms with Gasteiger partial charge in [0.15, 0.2) is 21.4 Å².